The number of fused-ring (bicyclic) bond motifs is 3. The first kappa shape index (κ1) is 34.3. The summed E-state index contributed by atoms with van der Waals surface area (Å²) in [5.74, 6) is -0.377. The second kappa shape index (κ2) is 14.4. The van der Waals surface area contributed by atoms with E-state index in [0.29, 0.717) is 30.9 Å². The van der Waals surface area contributed by atoms with Crippen LogP contribution in [0.25, 0.3) is 11.1 Å². The number of amides is 2. The van der Waals surface area contributed by atoms with Gasteiger partial charge in [0.05, 0.1) is 11.8 Å². The molecule has 5 rings (SSSR count). The summed E-state index contributed by atoms with van der Waals surface area (Å²) in [5, 5.41) is 2.85. The maximum atomic E-state index is 14.2. The number of carbonyl (C=O) groups is 4. The number of likely N-dealkylation sites (tertiary alicyclic amines) is 1. The molecule has 1 aliphatic heterocycles. The van der Waals surface area contributed by atoms with Gasteiger partial charge in [0.2, 0.25) is 5.91 Å². The van der Waals surface area contributed by atoms with Crippen LogP contribution in [0.15, 0.2) is 65.7 Å². The van der Waals surface area contributed by atoms with Gasteiger partial charge in [-0.05, 0) is 59.3 Å². The molecule has 2 fully saturated rings. The van der Waals surface area contributed by atoms with E-state index in [2.05, 4.69) is 41.2 Å². The summed E-state index contributed by atoms with van der Waals surface area (Å²) in [5.41, 5.74) is 5.09. The van der Waals surface area contributed by atoms with Crippen molar-refractivity contribution in [3.63, 3.8) is 0 Å². The maximum absolute atomic E-state index is 14.2. The van der Waals surface area contributed by atoms with E-state index < -0.39 is 23.6 Å². The molecule has 3 aliphatic rings. The molecule has 2 aromatic rings. The van der Waals surface area contributed by atoms with E-state index in [-0.39, 0.29) is 48.9 Å². The summed E-state index contributed by atoms with van der Waals surface area (Å²) >= 11 is 0. The molecule has 1 saturated heterocycles. The minimum absolute atomic E-state index is 0.0325. The molecule has 8 nitrogen and oxygen atoms in total. The fraction of sp³-hybridized carbons (Fsp3) is 0.513. The number of nitrogens with zero attached hydrogens (tertiary/aromatic N) is 2. The Kier molecular flexibility index (Phi) is 10.5. The first-order valence-corrected chi connectivity index (χ1v) is 17.0. The summed E-state index contributed by atoms with van der Waals surface area (Å²) in [6.07, 6.45) is 3.93. The number of carbonyl (C=O) groups excluding carboxylic acids is 4. The molecule has 3 atom stereocenters. The van der Waals surface area contributed by atoms with Crippen LogP contribution < -0.4 is 5.32 Å². The highest BCUT2D eigenvalue weighted by molar-refractivity contribution is 6.41. The molecule has 1 heterocycles. The lowest BCUT2D eigenvalue weighted by Gasteiger charge is -2.35. The van der Waals surface area contributed by atoms with Gasteiger partial charge in [-0.1, -0.05) is 94.8 Å². The van der Waals surface area contributed by atoms with Gasteiger partial charge in [-0.25, -0.2) is 4.79 Å². The van der Waals surface area contributed by atoms with Crippen LogP contribution in [0.5, 0.6) is 0 Å². The fourth-order valence-corrected chi connectivity index (χ4v) is 7.18. The van der Waals surface area contributed by atoms with E-state index in [1.54, 1.807) is 11.9 Å². The average Bonchev–Trinajstić information content (AvgIpc) is 3.67. The van der Waals surface area contributed by atoms with Crippen LogP contribution >= 0.6 is 0 Å². The number of ether oxygens (including phenoxy) is 1. The highest BCUT2D eigenvalue weighted by atomic mass is 16.5. The molecule has 2 amide bonds. The predicted molar refractivity (Wildman–Crippen MR) is 184 cm³/mol. The first-order chi connectivity index (χ1) is 22.4. The number of hydrogen-bond acceptors (Lipinski definition) is 6. The molecule has 0 unspecified atom stereocenters. The van der Waals surface area contributed by atoms with Gasteiger partial charge in [-0.15, -0.1) is 0 Å². The summed E-state index contributed by atoms with van der Waals surface area (Å²) in [6.45, 7) is 12.2. The van der Waals surface area contributed by atoms with Crippen LogP contribution in [0.3, 0.4) is 0 Å². The lowest BCUT2D eigenvalue weighted by Crippen LogP contribution is -2.57. The van der Waals surface area contributed by atoms with Crippen molar-refractivity contribution < 1.29 is 23.9 Å². The largest absolute Gasteiger partial charge is 0.449 e. The highest BCUT2D eigenvalue weighted by Gasteiger charge is 2.44. The van der Waals surface area contributed by atoms with Crippen LogP contribution in [0.1, 0.15) is 89.7 Å². The van der Waals surface area contributed by atoms with Gasteiger partial charge in [0, 0.05) is 38.3 Å². The molecule has 0 radical (unpaired) electrons. The maximum Gasteiger partial charge on any atom is 0.407 e. The van der Waals surface area contributed by atoms with Crippen LogP contribution in [-0.4, -0.2) is 66.5 Å². The van der Waals surface area contributed by atoms with Crippen molar-refractivity contribution in [1.82, 2.24) is 10.2 Å². The monoisotopic (exact) mass is 639 g/mol. The van der Waals surface area contributed by atoms with Gasteiger partial charge in [0.1, 0.15) is 12.6 Å². The Balaban J connectivity index is 1.27. The fourth-order valence-electron chi connectivity index (χ4n) is 7.18. The summed E-state index contributed by atoms with van der Waals surface area (Å²) in [4.78, 5) is 60.4. The normalized spacial score (nSPS) is 19.2. The molecule has 8 heteroatoms. The number of nitrogens with one attached hydrogen (secondary N) is 1. The molecule has 1 N–H and O–H groups in total. The lowest BCUT2D eigenvalue weighted by molar-refractivity contribution is -0.141. The van der Waals surface area contributed by atoms with Gasteiger partial charge in [0.15, 0.2) is 11.6 Å². The van der Waals surface area contributed by atoms with E-state index in [1.165, 1.54) is 0 Å². The molecule has 0 bridgehead atoms. The average molecular weight is 640 g/mol. The highest BCUT2D eigenvalue weighted by Crippen LogP contribution is 2.44. The second-order valence-corrected chi connectivity index (χ2v) is 14.5. The number of Topliss-reactive ketones (excluding diaryl/α,β-unsaturated/α-hetero) is 2. The third-order valence-corrected chi connectivity index (χ3v) is 9.79. The number of hydrogen-bond donors (Lipinski definition) is 1. The van der Waals surface area contributed by atoms with Gasteiger partial charge < -0.3 is 15.0 Å². The van der Waals surface area contributed by atoms with E-state index >= 15 is 0 Å². The van der Waals surface area contributed by atoms with E-state index in [4.69, 9.17) is 4.74 Å². The molecular formula is C39H49N3O5. The Morgan fingerprint density at radius 2 is 1.64 bits per heavy atom. The van der Waals surface area contributed by atoms with Crippen LogP contribution in [0, 0.1) is 17.3 Å². The number of alkyl carbamates (subject to hydrolysis) is 1. The third-order valence-electron chi connectivity index (χ3n) is 9.79. The van der Waals surface area contributed by atoms with Crippen LogP contribution in [-0.2, 0) is 19.1 Å². The molecule has 250 valence electrons. The summed E-state index contributed by atoms with van der Waals surface area (Å²) in [7, 11) is 1.63. The van der Waals surface area contributed by atoms with E-state index in [1.807, 2.05) is 52.0 Å². The minimum atomic E-state index is -0.932. The summed E-state index contributed by atoms with van der Waals surface area (Å²) in [6, 6.07) is 14.6. The van der Waals surface area contributed by atoms with Crippen molar-refractivity contribution in [3.05, 3.63) is 71.8 Å². The lowest BCUT2D eigenvalue weighted by atomic mass is 9.84. The Hall–Kier alpha value is -4.07. The molecule has 0 spiro atoms. The Bertz CT molecular complexity index is 1520. The van der Waals surface area contributed by atoms with Crippen molar-refractivity contribution in [2.45, 2.75) is 90.6 Å². The molecule has 47 heavy (non-hydrogen) atoms. The van der Waals surface area contributed by atoms with Gasteiger partial charge in [-0.2, -0.15) is 0 Å². The number of ketones is 2. The standard InChI is InChI=1S/C39H49N3O5/c1-7-12-26(35(40-6)34(44)20-25-17-18-25)21-33(43)32-19-24(2)22-42(32)37(45)36(39(3,4)5)41-38(46)47-23-31-29-15-10-8-13-27(29)28-14-9-11-16-30(28)31/h8-11,13-16,25-26,31-32,36H,2,7,12,17-23H2,1,3-6H3,(H,41,46)/t26-,32+,36-/m1/s1. The van der Waals surface area contributed by atoms with E-state index in [0.717, 1.165) is 47.1 Å². The van der Waals surface area contributed by atoms with E-state index in [9.17, 15) is 19.2 Å². The van der Waals surface area contributed by atoms with Crippen molar-refractivity contribution in [3.8, 4) is 11.1 Å². The van der Waals surface area contributed by atoms with Crippen molar-refractivity contribution in [2.75, 3.05) is 20.2 Å². The number of aliphatic imine (C=N–C) groups is 1. The molecule has 0 aromatic heterocycles. The quantitative estimate of drug-likeness (QED) is 0.189. The third kappa shape index (κ3) is 7.74. The van der Waals surface area contributed by atoms with Crippen LogP contribution in [0.4, 0.5) is 4.79 Å². The minimum Gasteiger partial charge on any atom is -0.449 e. The topological polar surface area (TPSA) is 105 Å². The zero-order valence-electron chi connectivity index (χ0n) is 28.5. The number of benzene rings is 2. The van der Waals surface area contributed by atoms with Crippen molar-refractivity contribution in [1.29, 1.82) is 0 Å². The Labute approximate surface area is 279 Å². The molecule has 1 saturated carbocycles. The SMILES string of the molecule is C=C1C[C@@H](C(=O)C[C@@H](CCC)C(=NC)C(=O)CC2CC2)N(C(=O)[C@@H](NC(=O)OCC2c3ccccc3-c3ccccc32)C(C)(C)C)C1. The molecule has 2 aromatic carbocycles. The molecule has 2 aliphatic carbocycles. The molecular weight excluding hydrogens is 590 g/mol. The van der Waals surface area contributed by atoms with Gasteiger partial charge in [0.25, 0.3) is 0 Å². The Morgan fingerprint density at radius 3 is 2.19 bits per heavy atom. The van der Waals surface area contributed by atoms with Gasteiger partial charge >= 0.3 is 6.09 Å². The summed E-state index contributed by atoms with van der Waals surface area (Å²) < 4.78 is 5.80. The number of rotatable bonds is 13. The second-order valence-electron chi connectivity index (χ2n) is 14.5. The predicted octanol–water partition coefficient (Wildman–Crippen LogP) is 6.91. The van der Waals surface area contributed by atoms with Gasteiger partial charge in [-0.3, -0.25) is 19.4 Å². The zero-order valence-corrected chi connectivity index (χ0v) is 28.5. The van der Waals surface area contributed by atoms with Crippen molar-refractivity contribution in [2.24, 2.45) is 22.2 Å². The smallest absolute Gasteiger partial charge is 0.407 e. The van der Waals surface area contributed by atoms with Crippen molar-refractivity contribution >= 4 is 29.3 Å². The Morgan fingerprint density at radius 1 is 1.02 bits per heavy atom. The van der Waals surface area contributed by atoms with Crippen LogP contribution in [0.2, 0.25) is 0 Å². The first-order valence-electron chi connectivity index (χ1n) is 17.0. The zero-order chi connectivity index (χ0) is 33.9.